The third-order valence-electron chi connectivity index (χ3n) is 3.91. The Morgan fingerprint density at radius 3 is 2.38 bits per heavy atom. The summed E-state index contributed by atoms with van der Waals surface area (Å²) in [7, 11) is 0. The van der Waals surface area contributed by atoms with Gasteiger partial charge in [-0.05, 0) is 46.8 Å². The molecule has 8 heteroatoms. The molecule has 0 atom stereocenters. The number of hydrogen-bond donors (Lipinski definition) is 1. The fraction of sp³-hybridized carbons (Fsp3) is 0.0476. The van der Waals surface area contributed by atoms with Gasteiger partial charge in [0.2, 0.25) is 11.1 Å². The maximum absolute atomic E-state index is 12.5. The first kappa shape index (κ1) is 19.2. The molecule has 0 aliphatic rings. The van der Waals surface area contributed by atoms with Crippen molar-refractivity contribution in [1.29, 1.82) is 0 Å². The van der Waals surface area contributed by atoms with E-state index < -0.39 is 0 Å². The highest BCUT2D eigenvalue weighted by Crippen LogP contribution is 2.33. The van der Waals surface area contributed by atoms with Crippen molar-refractivity contribution in [1.82, 2.24) is 20.2 Å². The first-order chi connectivity index (χ1) is 14.3. The minimum absolute atomic E-state index is 0.112. The summed E-state index contributed by atoms with van der Waals surface area (Å²) in [5.41, 5.74) is 1.64. The molecule has 0 aliphatic carbocycles. The van der Waals surface area contributed by atoms with Crippen molar-refractivity contribution in [2.24, 2.45) is 0 Å². The number of anilines is 1. The zero-order chi connectivity index (χ0) is 19.9. The number of nitrogens with one attached hydrogen (secondary N) is 1. The molecule has 6 nitrogen and oxygen atoms in total. The summed E-state index contributed by atoms with van der Waals surface area (Å²) in [6.07, 6.45) is 0. The Hall–Kier alpha value is -3.10. The summed E-state index contributed by atoms with van der Waals surface area (Å²) in [5, 5.41) is 15.3. The lowest BCUT2D eigenvalue weighted by molar-refractivity contribution is -0.113. The third kappa shape index (κ3) is 5.04. The van der Waals surface area contributed by atoms with Crippen LogP contribution in [0.5, 0.6) is 0 Å². The van der Waals surface area contributed by atoms with Gasteiger partial charge < -0.3 is 5.32 Å². The van der Waals surface area contributed by atoms with E-state index >= 15 is 0 Å². The third-order valence-corrected chi connectivity index (χ3v) is 5.91. The van der Waals surface area contributed by atoms with E-state index in [4.69, 9.17) is 0 Å². The van der Waals surface area contributed by atoms with E-state index in [1.165, 1.54) is 11.8 Å². The van der Waals surface area contributed by atoms with Gasteiger partial charge in [-0.25, -0.2) is 0 Å². The first-order valence-electron chi connectivity index (χ1n) is 8.88. The number of carbonyl (C=O) groups is 1. The van der Waals surface area contributed by atoms with Crippen LogP contribution in [0.15, 0.2) is 99.9 Å². The van der Waals surface area contributed by atoms with Crippen LogP contribution in [0.25, 0.3) is 5.69 Å². The van der Waals surface area contributed by atoms with Crippen LogP contribution >= 0.6 is 23.5 Å². The highest BCUT2D eigenvalue weighted by molar-refractivity contribution is 8.00. The molecule has 1 aromatic heterocycles. The molecule has 0 saturated carbocycles. The zero-order valence-electron chi connectivity index (χ0n) is 15.3. The molecular weight excluding hydrogens is 402 g/mol. The monoisotopic (exact) mass is 419 g/mol. The standard InChI is InChI=1S/C21H17N5OS2/c27-20(15-28-21-23-24-25-26(21)16-9-3-1-4-10-16)22-18-13-7-8-14-19(18)29-17-11-5-2-6-12-17/h1-14H,15H2,(H,22,27). The maximum atomic E-state index is 12.5. The van der Waals surface area contributed by atoms with E-state index in [9.17, 15) is 4.79 Å². The van der Waals surface area contributed by atoms with Crippen molar-refractivity contribution >= 4 is 35.1 Å². The SMILES string of the molecule is O=C(CSc1nnnn1-c1ccccc1)Nc1ccccc1Sc1ccccc1. The van der Waals surface area contributed by atoms with Gasteiger partial charge in [0.15, 0.2) is 0 Å². The van der Waals surface area contributed by atoms with Gasteiger partial charge in [-0.3, -0.25) is 4.79 Å². The van der Waals surface area contributed by atoms with Crippen molar-refractivity contribution in [3.63, 3.8) is 0 Å². The molecule has 0 aliphatic heterocycles. The Morgan fingerprint density at radius 2 is 1.59 bits per heavy atom. The number of rotatable bonds is 7. The Balaban J connectivity index is 1.41. The number of hydrogen-bond acceptors (Lipinski definition) is 6. The molecule has 29 heavy (non-hydrogen) atoms. The Morgan fingerprint density at radius 1 is 0.897 bits per heavy atom. The second-order valence-corrected chi connectivity index (χ2v) is 8.01. The van der Waals surface area contributed by atoms with Crippen molar-refractivity contribution in [2.75, 3.05) is 11.1 Å². The van der Waals surface area contributed by atoms with Crippen LogP contribution in [0.1, 0.15) is 0 Å². The van der Waals surface area contributed by atoms with Crippen LogP contribution in [0.3, 0.4) is 0 Å². The van der Waals surface area contributed by atoms with E-state index in [1.54, 1.807) is 16.4 Å². The Bertz CT molecular complexity index is 1090. The van der Waals surface area contributed by atoms with Gasteiger partial charge in [-0.1, -0.05) is 72.1 Å². The molecule has 4 aromatic rings. The minimum Gasteiger partial charge on any atom is -0.324 e. The van der Waals surface area contributed by atoms with E-state index in [0.717, 1.165) is 21.2 Å². The number of thioether (sulfide) groups is 1. The van der Waals surface area contributed by atoms with Crippen molar-refractivity contribution in [3.05, 3.63) is 84.9 Å². The Kier molecular flexibility index (Phi) is 6.23. The van der Waals surface area contributed by atoms with Gasteiger partial charge in [0.1, 0.15) is 0 Å². The summed E-state index contributed by atoms with van der Waals surface area (Å²) < 4.78 is 1.62. The van der Waals surface area contributed by atoms with E-state index in [2.05, 4.69) is 20.8 Å². The zero-order valence-corrected chi connectivity index (χ0v) is 16.9. The van der Waals surface area contributed by atoms with Crippen molar-refractivity contribution in [3.8, 4) is 5.69 Å². The number of nitrogens with zero attached hydrogens (tertiary/aromatic N) is 4. The molecule has 0 radical (unpaired) electrons. The lowest BCUT2D eigenvalue weighted by atomic mass is 10.3. The molecule has 3 aromatic carbocycles. The summed E-state index contributed by atoms with van der Waals surface area (Å²) in [4.78, 5) is 14.6. The predicted octanol–water partition coefficient (Wildman–Crippen LogP) is 4.54. The number of amides is 1. The van der Waals surface area contributed by atoms with Crippen LogP contribution in [-0.2, 0) is 4.79 Å². The van der Waals surface area contributed by atoms with Crippen LogP contribution in [0, 0.1) is 0 Å². The van der Waals surface area contributed by atoms with Crippen LogP contribution in [0.4, 0.5) is 5.69 Å². The Labute approximate surface area is 176 Å². The molecule has 1 N–H and O–H groups in total. The van der Waals surface area contributed by atoms with E-state index in [1.807, 2.05) is 84.9 Å². The fourth-order valence-corrected chi connectivity index (χ4v) is 4.20. The highest BCUT2D eigenvalue weighted by Gasteiger charge is 2.13. The summed E-state index contributed by atoms with van der Waals surface area (Å²) in [5.74, 6) is 0.0936. The largest absolute Gasteiger partial charge is 0.324 e. The average molecular weight is 420 g/mol. The topological polar surface area (TPSA) is 72.7 Å². The minimum atomic E-state index is -0.112. The average Bonchev–Trinajstić information content (AvgIpc) is 3.24. The molecule has 1 amide bonds. The van der Waals surface area contributed by atoms with Crippen LogP contribution < -0.4 is 5.32 Å². The van der Waals surface area contributed by atoms with E-state index in [-0.39, 0.29) is 11.7 Å². The highest BCUT2D eigenvalue weighted by atomic mass is 32.2. The quantitative estimate of drug-likeness (QED) is 0.443. The summed E-state index contributed by atoms with van der Waals surface area (Å²) in [6, 6.07) is 27.4. The molecule has 0 unspecified atom stereocenters. The number of aromatic nitrogens is 4. The molecule has 144 valence electrons. The van der Waals surface area contributed by atoms with Crippen molar-refractivity contribution in [2.45, 2.75) is 14.9 Å². The molecule has 1 heterocycles. The number of benzene rings is 3. The second kappa shape index (κ2) is 9.40. The van der Waals surface area contributed by atoms with Crippen LogP contribution in [-0.4, -0.2) is 31.9 Å². The molecule has 0 saturated heterocycles. The number of carbonyl (C=O) groups excluding carboxylic acids is 1. The van der Waals surface area contributed by atoms with Gasteiger partial charge in [-0.2, -0.15) is 4.68 Å². The van der Waals surface area contributed by atoms with Gasteiger partial charge in [0.05, 0.1) is 17.1 Å². The van der Waals surface area contributed by atoms with E-state index in [0.29, 0.717) is 5.16 Å². The lowest BCUT2D eigenvalue weighted by Crippen LogP contribution is -2.15. The normalized spacial score (nSPS) is 10.6. The summed E-state index contributed by atoms with van der Waals surface area (Å²) >= 11 is 2.91. The second-order valence-electron chi connectivity index (χ2n) is 5.96. The smallest absolute Gasteiger partial charge is 0.234 e. The predicted molar refractivity (Wildman–Crippen MR) is 116 cm³/mol. The number of para-hydroxylation sites is 2. The number of tetrazole rings is 1. The lowest BCUT2D eigenvalue weighted by Gasteiger charge is -2.10. The van der Waals surface area contributed by atoms with Gasteiger partial charge >= 0.3 is 0 Å². The fourth-order valence-electron chi connectivity index (χ4n) is 2.59. The van der Waals surface area contributed by atoms with Gasteiger partial charge in [-0.15, -0.1) is 5.10 Å². The molecular formula is C21H17N5OS2. The van der Waals surface area contributed by atoms with Crippen molar-refractivity contribution < 1.29 is 4.79 Å². The first-order valence-corrected chi connectivity index (χ1v) is 10.7. The maximum Gasteiger partial charge on any atom is 0.234 e. The molecule has 4 rings (SSSR count). The van der Waals surface area contributed by atoms with Gasteiger partial charge in [0, 0.05) is 9.79 Å². The molecule has 0 bridgehead atoms. The van der Waals surface area contributed by atoms with Crippen LogP contribution in [0.2, 0.25) is 0 Å². The molecule has 0 fully saturated rings. The van der Waals surface area contributed by atoms with Gasteiger partial charge in [0.25, 0.3) is 0 Å². The summed E-state index contributed by atoms with van der Waals surface area (Å²) in [6.45, 7) is 0. The molecule has 0 spiro atoms.